The van der Waals surface area contributed by atoms with Crippen LogP contribution in [0.3, 0.4) is 0 Å². The molecular weight excluding hydrogens is 172 g/mol. The van der Waals surface area contributed by atoms with Gasteiger partial charge in [-0.2, -0.15) is 0 Å². The molecule has 0 radical (unpaired) electrons. The SMILES string of the molecule is C=C(CC1CC1)c1ccc(OC)cc1. The Balaban J connectivity index is 2.03. The maximum atomic E-state index is 5.11. The van der Waals surface area contributed by atoms with E-state index in [4.69, 9.17) is 4.74 Å². The first-order valence-electron chi connectivity index (χ1n) is 5.12. The highest BCUT2D eigenvalue weighted by molar-refractivity contribution is 5.64. The van der Waals surface area contributed by atoms with Crippen LogP contribution in [0.4, 0.5) is 0 Å². The van der Waals surface area contributed by atoms with Crippen LogP contribution in [0.25, 0.3) is 5.57 Å². The molecule has 1 nitrogen and oxygen atoms in total. The molecule has 74 valence electrons. The van der Waals surface area contributed by atoms with Crippen LogP contribution in [-0.4, -0.2) is 7.11 Å². The lowest BCUT2D eigenvalue weighted by Crippen LogP contribution is -1.86. The van der Waals surface area contributed by atoms with E-state index in [2.05, 4.69) is 18.7 Å². The zero-order valence-electron chi connectivity index (χ0n) is 8.62. The molecule has 0 aliphatic heterocycles. The normalized spacial score (nSPS) is 15.2. The van der Waals surface area contributed by atoms with Gasteiger partial charge in [0.15, 0.2) is 0 Å². The van der Waals surface area contributed by atoms with Gasteiger partial charge in [0.05, 0.1) is 7.11 Å². The first kappa shape index (κ1) is 9.32. The van der Waals surface area contributed by atoms with Crippen molar-refractivity contribution in [3.8, 4) is 5.75 Å². The van der Waals surface area contributed by atoms with Crippen LogP contribution in [0, 0.1) is 5.92 Å². The fourth-order valence-corrected chi connectivity index (χ4v) is 1.62. The van der Waals surface area contributed by atoms with Crippen LogP contribution >= 0.6 is 0 Å². The lowest BCUT2D eigenvalue weighted by molar-refractivity contribution is 0.415. The second kappa shape index (κ2) is 3.87. The summed E-state index contributed by atoms with van der Waals surface area (Å²) in [7, 11) is 1.69. The van der Waals surface area contributed by atoms with Crippen LogP contribution in [0.5, 0.6) is 5.75 Å². The Labute approximate surface area is 85.4 Å². The molecule has 1 fully saturated rings. The van der Waals surface area contributed by atoms with Crippen molar-refractivity contribution in [3.05, 3.63) is 36.4 Å². The molecule has 0 bridgehead atoms. The molecule has 1 aromatic rings. The molecule has 2 rings (SSSR count). The number of allylic oxidation sites excluding steroid dienone is 1. The minimum absolute atomic E-state index is 0.907. The number of hydrogen-bond acceptors (Lipinski definition) is 1. The Bertz CT molecular complexity index is 320. The van der Waals surface area contributed by atoms with Crippen molar-refractivity contribution < 1.29 is 4.74 Å². The summed E-state index contributed by atoms with van der Waals surface area (Å²) < 4.78 is 5.11. The first-order valence-corrected chi connectivity index (χ1v) is 5.12. The van der Waals surface area contributed by atoms with Crippen molar-refractivity contribution in [3.63, 3.8) is 0 Å². The summed E-state index contributed by atoms with van der Waals surface area (Å²) in [5.74, 6) is 1.82. The summed E-state index contributed by atoms with van der Waals surface area (Å²) in [4.78, 5) is 0. The van der Waals surface area contributed by atoms with Crippen LogP contribution in [0.2, 0.25) is 0 Å². The van der Waals surface area contributed by atoms with Crippen LogP contribution in [-0.2, 0) is 0 Å². The summed E-state index contributed by atoms with van der Waals surface area (Å²) in [5.41, 5.74) is 2.51. The minimum atomic E-state index is 0.907. The molecule has 0 atom stereocenters. The van der Waals surface area contributed by atoms with Gasteiger partial charge in [-0.1, -0.05) is 18.7 Å². The smallest absolute Gasteiger partial charge is 0.118 e. The zero-order valence-corrected chi connectivity index (χ0v) is 8.62. The number of rotatable bonds is 4. The summed E-state index contributed by atoms with van der Waals surface area (Å²) in [6.45, 7) is 4.12. The highest BCUT2D eigenvalue weighted by atomic mass is 16.5. The van der Waals surface area contributed by atoms with Gasteiger partial charge in [0, 0.05) is 0 Å². The number of hydrogen-bond donors (Lipinski definition) is 0. The Kier molecular flexibility index (Phi) is 2.58. The summed E-state index contributed by atoms with van der Waals surface area (Å²) in [6.07, 6.45) is 3.93. The fraction of sp³-hybridized carbons (Fsp3) is 0.385. The van der Waals surface area contributed by atoms with Crippen molar-refractivity contribution in [1.29, 1.82) is 0 Å². The fourth-order valence-electron chi connectivity index (χ4n) is 1.62. The predicted octanol–water partition coefficient (Wildman–Crippen LogP) is 3.51. The van der Waals surface area contributed by atoms with Gasteiger partial charge in [-0.15, -0.1) is 0 Å². The second-order valence-electron chi connectivity index (χ2n) is 3.98. The molecule has 1 aliphatic rings. The first-order chi connectivity index (χ1) is 6.79. The molecule has 0 spiro atoms. The zero-order chi connectivity index (χ0) is 9.97. The Morgan fingerprint density at radius 1 is 1.36 bits per heavy atom. The van der Waals surface area contributed by atoms with E-state index >= 15 is 0 Å². The summed E-state index contributed by atoms with van der Waals surface area (Å²) in [5, 5.41) is 0. The number of methoxy groups -OCH3 is 1. The third-order valence-corrected chi connectivity index (χ3v) is 2.73. The quantitative estimate of drug-likeness (QED) is 0.702. The molecule has 0 heterocycles. The molecule has 14 heavy (non-hydrogen) atoms. The van der Waals surface area contributed by atoms with Gasteiger partial charge in [-0.3, -0.25) is 0 Å². The van der Waals surface area contributed by atoms with Crippen LogP contribution in [0.1, 0.15) is 24.8 Å². The summed E-state index contributed by atoms with van der Waals surface area (Å²) >= 11 is 0. The van der Waals surface area contributed by atoms with E-state index in [-0.39, 0.29) is 0 Å². The van der Waals surface area contributed by atoms with E-state index in [1.807, 2.05) is 12.1 Å². The highest BCUT2D eigenvalue weighted by Gasteiger charge is 2.22. The van der Waals surface area contributed by atoms with Gasteiger partial charge in [0.2, 0.25) is 0 Å². The maximum absolute atomic E-state index is 5.11. The monoisotopic (exact) mass is 188 g/mol. The van der Waals surface area contributed by atoms with Crippen molar-refractivity contribution >= 4 is 5.57 Å². The highest BCUT2D eigenvalue weighted by Crippen LogP contribution is 2.37. The van der Waals surface area contributed by atoms with Crippen molar-refractivity contribution in [2.45, 2.75) is 19.3 Å². The Morgan fingerprint density at radius 3 is 2.50 bits per heavy atom. The van der Waals surface area contributed by atoms with E-state index in [1.54, 1.807) is 7.11 Å². The predicted molar refractivity (Wildman–Crippen MR) is 59.4 cm³/mol. The molecule has 0 saturated heterocycles. The molecule has 0 aromatic heterocycles. The van der Waals surface area contributed by atoms with E-state index in [0.29, 0.717) is 0 Å². The molecule has 1 aromatic carbocycles. The third kappa shape index (κ3) is 2.16. The number of benzene rings is 1. The van der Waals surface area contributed by atoms with Crippen molar-refractivity contribution in [1.82, 2.24) is 0 Å². The number of ether oxygens (including phenoxy) is 1. The molecule has 1 heteroatoms. The van der Waals surface area contributed by atoms with E-state index < -0.39 is 0 Å². The maximum Gasteiger partial charge on any atom is 0.118 e. The summed E-state index contributed by atoms with van der Waals surface area (Å²) in [6, 6.07) is 8.16. The molecule has 1 saturated carbocycles. The van der Waals surface area contributed by atoms with Crippen LogP contribution in [0.15, 0.2) is 30.8 Å². The van der Waals surface area contributed by atoms with Gasteiger partial charge in [-0.05, 0) is 48.4 Å². The van der Waals surface area contributed by atoms with Gasteiger partial charge < -0.3 is 4.74 Å². The molecule has 0 unspecified atom stereocenters. The molecule has 1 aliphatic carbocycles. The molecular formula is C13H16O. The van der Waals surface area contributed by atoms with Crippen LogP contribution < -0.4 is 4.74 Å². The molecule has 0 amide bonds. The van der Waals surface area contributed by atoms with Gasteiger partial charge >= 0.3 is 0 Å². The Hall–Kier alpha value is -1.24. The van der Waals surface area contributed by atoms with Gasteiger partial charge in [-0.25, -0.2) is 0 Å². The standard InChI is InChI=1S/C13H16O/c1-10(9-11-3-4-11)12-5-7-13(14-2)8-6-12/h5-8,11H,1,3-4,9H2,2H3. The largest absolute Gasteiger partial charge is 0.497 e. The average molecular weight is 188 g/mol. The van der Waals surface area contributed by atoms with Gasteiger partial charge in [0.25, 0.3) is 0 Å². The minimum Gasteiger partial charge on any atom is -0.497 e. The van der Waals surface area contributed by atoms with Crippen molar-refractivity contribution in [2.75, 3.05) is 7.11 Å². The lowest BCUT2D eigenvalue weighted by Gasteiger charge is -2.05. The molecule has 0 N–H and O–H groups in total. The average Bonchev–Trinajstić information content (AvgIpc) is 3.02. The van der Waals surface area contributed by atoms with E-state index in [0.717, 1.165) is 18.1 Å². The van der Waals surface area contributed by atoms with Crippen molar-refractivity contribution in [2.24, 2.45) is 5.92 Å². The van der Waals surface area contributed by atoms with E-state index in [9.17, 15) is 0 Å². The third-order valence-electron chi connectivity index (χ3n) is 2.73. The lowest BCUT2D eigenvalue weighted by atomic mass is 10.0. The van der Waals surface area contributed by atoms with E-state index in [1.165, 1.54) is 24.0 Å². The topological polar surface area (TPSA) is 9.23 Å². The second-order valence-corrected chi connectivity index (χ2v) is 3.98. The Morgan fingerprint density at radius 2 is 2.00 bits per heavy atom. The van der Waals surface area contributed by atoms with Gasteiger partial charge in [0.1, 0.15) is 5.75 Å².